The highest BCUT2D eigenvalue weighted by atomic mass is 19.1. The molecule has 0 saturated carbocycles. The maximum absolute atomic E-state index is 13.0. The molecule has 1 atom stereocenters. The Labute approximate surface area is 91.5 Å². The van der Waals surface area contributed by atoms with Crippen molar-refractivity contribution in [2.45, 2.75) is 39.7 Å². The predicted molar refractivity (Wildman–Crippen MR) is 62.1 cm³/mol. The number of hydrogen-bond donors (Lipinski definition) is 1. The fraction of sp³-hybridized carbons (Fsp3) is 0.538. The Bertz CT molecular complexity index is 320. The monoisotopic (exact) mass is 209 g/mol. The molecule has 0 spiro atoms. The summed E-state index contributed by atoms with van der Waals surface area (Å²) >= 11 is 0. The van der Waals surface area contributed by atoms with Crippen LogP contribution in [0.15, 0.2) is 18.2 Å². The predicted octanol–water partition coefficient (Wildman–Crippen LogP) is 3.57. The minimum Gasteiger partial charge on any atom is -0.324 e. The zero-order valence-electron chi connectivity index (χ0n) is 9.76. The highest BCUT2D eigenvalue weighted by molar-refractivity contribution is 5.26. The minimum absolute atomic E-state index is 0.0340. The van der Waals surface area contributed by atoms with E-state index in [-0.39, 0.29) is 11.9 Å². The summed E-state index contributed by atoms with van der Waals surface area (Å²) in [6.07, 6.45) is 2.07. The summed E-state index contributed by atoms with van der Waals surface area (Å²) in [5.41, 5.74) is 7.75. The summed E-state index contributed by atoms with van der Waals surface area (Å²) in [6, 6.07) is 5.17. The largest absolute Gasteiger partial charge is 0.324 e. The van der Waals surface area contributed by atoms with Gasteiger partial charge >= 0.3 is 0 Å². The maximum atomic E-state index is 13.0. The third-order valence-corrected chi connectivity index (χ3v) is 2.67. The van der Waals surface area contributed by atoms with Gasteiger partial charge in [-0.05, 0) is 42.9 Å². The van der Waals surface area contributed by atoms with Crippen LogP contribution in [0, 0.1) is 18.7 Å². The first kappa shape index (κ1) is 12.2. The summed E-state index contributed by atoms with van der Waals surface area (Å²) in [6.45, 7) is 6.14. The van der Waals surface area contributed by atoms with E-state index in [1.807, 2.05) is 6.07 Å². The van der Waals surface area contributed by atoms with E-state index < -0.39 is 0 Å². The summed E-state index contributed by atoms with van der Waals surface area (Å²) in [4.78, 5) is 0. The molecular formula is C13H20FN. The van der Waals surface area contributed by atoms with E-state index in [9.17, 15) is 4.39 Å². The van der Waals surface area contributed by atoms with Gasteiger partial charge < -0.3 is 5.73 Å². The molecule has 0 fully saturated rings. The van der Waals surface area contributed by atoms with Crippen molar-refractivity contribution in [2.75, 3.05) is 0 Å². The number of aryl methyl sites for hydroxylation is 1. The lowest BCUT2D eigenvalue weighted by Crippen LogP contribution is -2.11. The van der Waals surface area contributed by atoms with Gasteiger partial charge in [0.1, 0.15) is 5.82 Å². The van der Waals surface area contributed by atoms with Crippen LogP contribution in [0.5, 0.6) is 0 Å². The quantitative estimate of drug-likeness (QED) is 0.806. The Morgan fingerprint density at radius 3 is 2.47 bits per heavy atom. The molecule has 0 aliphatic rings. The van der Waals surface area contributed by atoms with E-state index in [2.05, 4.69) is 13.8 Å². The molecule has 1 aromatic carbocycles. The molecule has 84 valence electrons. The Hall–Kier alpha value is -0.890. The molecule has 0 amide bonds. The normalized spacial score (nSPS) is 13.2. The van der Waals surface area contributed by atoms with Gasteiger partial charge in [0.2, 0.25) is 0 Å². The lowest BCUT2D eigenvalue weighted by atomic mass is 9.97. The highest BCUT2D eigenvalue weighted by Crippen LogP contribution is 2.20. The van der Waals surface area contributed by atoms with Crippen molar-refractivity contribution in [1.29, 1.82) is 0 Å². The first-order valence-electron chi connectivity index (χ1n) is 5.52. The number of hydrogen-bond acceptors (Lipinski definition) is 1. The van der Waals surface area contributed by atoms with Gasteiger partial charge in [-0.2, -0.15) is 0 Å². The van der Waals surface area contributed by atoms with E-state index in [1.54, 1.807) is 13.0 Å². The topological polar surface area (TPSA) is 26.0 Å². The number of halogens is 1. The van der Waals surface area contributed by atoms with Crippen molar-refractivity contribution >= 4 is 0 Å². The van der Waals surface area contributed by atoms with Gasteiger partial charge in [-0.25, -0.2) is 4.39 Å². The van der Waals surface area contributed by atoms with Gasteiger partial charge in [0, 0.05) is 6.04 Å². The number of benzene rings is 1. The fourth-order valence-electron chi connectivity index (χ4n) is 1.58. The van der Waals surface area contributed by atoms with Crippen molar-refractivity contribution in [1.82, 2.24) is 0 Å². The third kappa shape index (κ3) is 3.63. The fourth-order valence-corrected chi connectivity index (χ4v) is 1.58. The van der Waals surface area contributed by atoms with Crippen LogP contribution in [0.2, 0.25) is 0 Å². The number of rotatable bonds is 4. The van der Waals surface area contributed by atoms with Gasteiger partial charge in [-0.15, -0.1) is 0 Å². The summed E-state index contributed by atoms with van der Waals surface area (Å²) in [5.74, 6) is 0.507. The summed E-state index contributed by atoms with van der Waals surface area (Å²) in [7, 11) is 0. The molecule has 0 bridgehead atoms. The zero-order chi connectivity index (χ0) is 11.4. The third-order valence-electron chi connectivity index (χ3n) is 2.67. The second-order valence-electron chi connectivity index (χ2n) is 4.59. The van der Waals surface area contributed by atoms with Crippen LogP contribution in [-0.4, -0.2) is 0 Å². The lowest BCUT2D eigenvalue weighted by Gasteiger charge is -2.14. The average Bonchev–Trinajstić information content (AvgIpc) is 2.18. The Morgan fingerprint density at radius 1 is 1.27 bits per heavy atom. The van der Waals surface area contributed by atoms with Gasteiger partial charge in [0.25, 0.3) is 0 Å². The van der Waals surface area contributed by atoms with Crippen LogP contribution in [0.3, 0.4) is 0 Å². The maximum Gasteiger partial charge on any atom is 0.126 e. The molecule has 0 radical (unpaired) electrons. The lowest BCUT2D eigenvalue weighted by molar-refractivity contribution is 0.506. The molecule has 15 heavy (non-hydrogen) atoms. The minimum atomic E-state index is -0.158. The SMILES string of the molecule is Cc1cc([C@H](N)CCC(C)C)ccc1F. The van der Waals surface area contributed by atoms with E-state index in [1.165, 1.54) is 6.07 Å². The smallest absolute Gasteiger partial charge is 0.126 e. The number of nitrogens with two attached hydrogens (primary N) is 1. The van der Waals surface area contributed by atoms with Gasteiger partial charge in [-0.1, -0.05) is 26.0 Å². The average molecular weight is 209 g/mol. The van der Waals surface area contributed by atoms with Crippen molar-refractivity contribution in [3.63, 3.8) is 0 Å². The molecule has 1 aromatic rings. The van der Waals surface area contributed by atoms with Crippen molar-refractivity contribution in [2.24, 2.45) is 11.7 Å². The van der Waals surface area contributed by atoms with Gasteiger partial charge in [-0.3, -0.25) is 0 Å². The Kier molecular flexibility index (Phi) is 4.28. The van der Waals surface area contributed by atoms with Crippen LogP contribution >= 0.6 is 0 Å². The van der Waals surface area contributed by atoms with Crippen molar-refractivity contribution in [3.8, 4) is 0 Å². The Morgan fingerprint density at radius 2 is 1.93 bits per heavy atom. The molecule has 0 unspecified atom stereocenters. The molecule has 0 aliphatic carbocycles. The van der Waals surface area contributed by atoms with Crippen LogP contribution < -0.4 is 5.73 Å². The van der Waals surface area contributed by atoms with Crippen LogP contribution in [0.1, 0.15) is 43.9 Å². The first-order chi connectivity index (χ1) is 7.00. The van der Waals surface area contributed by atoms with E-state index in [4.69, 9.17) is 5.73 Å². The summed E-state index contributed by atoms with van der Waals surface area (Å²) < 4.78 is 13.0. The van der Waals surface area contributed by atoms with E-state index >= 15 is 0 Å². The van der Waals surface area contributed by atoms with Gasteiger partial charge in [0.15, 0.2) is 0 Å². The summed E-state index contributed by atoms with van der Waals surface area (Å²) in [5, 5.41) is 0. The van der Waals surface area contributed by atoms with Crippen molar-refractivity contribution < 1.29 is 4.39 Å². The molecule has 0 aromatic heterocycles. The first-order valence-corrected chi connectivity index (χ1v) is 5.52. The van der Waals surface area contributed by atoms with Crippen molar-refractivity contribution in [3.05, 3.63) is 35.1 Å². The van der Waals surface area contributed by atoms with Gasteiger partial charge in [0.05, 0.1) is 0 Å². The molecule has 0 heterocycles. The molecule has 1 rings (SSSR count). The standard InChI is InChI=1S/C13H20FN/c1-9(2)4-7-13(15)11-5-6-12(14)10(3)8-11/h5-6,8-9,13H,4,7,15H2,1-3H3/t13-/m1/s1. The van der Waals surface area contributed by atoms with Crippen LogP contribution in [0.4, 0.5) is 4.39 Å². The molecule has 0 aliphatic heterocycles. The van der Waals surface area contributed by atoms with Crippen LogP contribution in [0.25, 0.3) is 0 Å². The second-order valence-corrected chi connectivity index (χ2v) is 4.59. The second kappa shape index (κ2) is 5.26. The zero-order valence-corrected chi connectivity index (χ0v) is 9.76. The molecule has 1 nitrogen and oxygen atoms in total. The molecule has 2 N–H and O–H groups in total. The highest BCUT2D eigenvalue weighted by Gasteiger charge is 2.08. The molecule has 2 heteroatoms. The Balaban J connectivity index is 2.65. The van der Waals surface area contributed by atoms with E-state index in [0.29, 0.717) is 11.5 Å². The van der Waals surface area contributed by atoms with E-state index in [0.717, 1.165) is 18.4 Å². The molecular weight excluding hydrogens is 189 g/mol. The van der Waals surface area contributed by atoms with Crippen LogP contribution in [-0.2, 0) is 0 Å². The molecule has 0 saturated heterocycles.